The summed E-state index contributed by atoms with van der Waals surface area (Å²) in [4.78, 5) is 25.9. The number of methoxy groups -OCH3 is 1. The summed E-state index contributed by atoms with van der Waals surface area (Å²) in [6, 6.07) is 6.67. The van der Waals surface area contributed by atoms with E-state index in [0.29, 0.717) is 22.8 Å². The summed E-state index contributed by atoms with van der Waals surface area (Å²) >= 11 is 3.27. The minimum atomic E-state index is -0.268. The zero-order valence-electron chi connectivity index (χ0n) is 11.5. The smallest absolute Gasteiger partial charge is 0.272 e. The third-order valence-corrected chi connectivity index (χ3v) is 3.12. The molecule has 1 heterocycles. The van der Waals surface area contributed by atoms with Crippen LogP contribution in [0.2, 0.25) is 0 Å². The molecule has 0 radical (unpaired) electrons. The molecule has 3 N–H and O–H groups in total. The topological polar surface area (TPSA) is 83.2 Å². The maximum absolute atomic E-state index is 12.0. The van der Waals surface area contributed by atoms with Crippen molar-refractivity contribution in [3.05, 3.63) is 40.6 Å². The Hall–Kier alpha value is -2.28. The molecule has 2 rings (SSSR count). The molecule has 6 nitrogen and oxygen atoms in total. The van der Waals surface area contributed by atoms with Crippen LogP contribution < -0.4 is 15.4 Å². The van der Waals surface area contributed by atoms with Gasteiger partial charge in [-0.2, -0.15) is 0 Å². The van der Waals surface area contributed by atoms with Gasteiger partial charge in [0.15, 0.2) is 0 Å². The van der Waals surface area contributed by atoms with Crippen LogP contribution in [0.1, 0.15) is 17.4 Å². The highest BCUT2D eigenvalue weighted by Gasteiger charge is 2.11. The fourth-order valence-corrected chi connectivity index (χ4v) is 2.10. The van der Waals surface area contributed by atoms with Gasteiger partial charge in [-0.15, -0.1) is 0 Å². The molecule has 0 bridgehead atoms. The summed E-state index contributed by atoms with van der Waals surface area (Å²) in [6.07, 6.45) is 1.68. The lowest BCUT2D eigenvalue weighted by Gasteiger charge is -2.11. The molecular weight excluding hydrogens is 338 g/mol. The van der Waals surface area contributed by atoms with E-state index in [4.69, 9.17) is 4.74 Å². The Morgan fingerprint density at radius 2 is 2.00 bits per heavy atom. The maximum atomic E-state index is 12.0. The predicted octanol–water partition coefficient (Wildman–Crippen LogP) is 3.00. The maximum Gasteiger partial charge on any atom is 0.272 e. The molecule has 1 aromatic carbocycles. The Morgan fingerprint density at radius 1 is 1.24 bits per heavy atom. The van der Waals surface area contributed by atoms with Gasteiger partial charge in [-0.25, -0.2) is 0 Å². The number of carbonyl (C=O) groups is 2. The fourth-order valence-electron chi connectivity index (χ4n) is 1.76. The van der Waals surface area contributed by atoms with E-state index in [1.807, 2.05) is 0 Å². The van der Waals surface area contributed by atoms with E-state index in [2.05, 4.69) is 31.5 Å². The number of hydrogen-bond acceptors (Lipinski definition) is 3. The van der Waals surface area contributed by atoms with E-state index in [9.17, 15) is 9.59 Å². The van der Waals surface area contributed by atoms with Crippen LogP contribution in [0.5, 0.6) is 5.75 Å². The van der Waals surface area contributed by atoms with Gasteiger partial charge >= 0.3 is 0 Å². The number of H-pyrrole nitrogens is 1. The van der Waals surface area contributed by atoms with Gasteiger partial charge in [-0.1, -0.05) is 0 Å². The van der Waals surface area contributed by atoms with Crippen molar-refractivity contribution < 1.29 is 14.3 Å². The third kappa shape index (κ3) is 3.85. The lowest BCUT2D eigenvalue weighted by molar-refractivity contribution is -0.114. The summed E-state index contributed by atoms with van der Waals surface area (Å²) < 4.78 is 5.99. The first kappa shape index (κ1) is 15.1. The average Bonchev–Trinajstić information content (AvgIpc) is 2.86. The molecule has 0 saturated heterocycles. The molecule has 0 fully saturated rings. The summed E-state index contributed by atoms with van der Waals surface area (Å²) in [5, 5.41) is 5.39. The molecule has 7 heteroatoms. The number of amides is 2. The van der Waals surface area contributed by atoms with Crippen LogP contribution in [0, 0.1) is 0 Å². The molecule has 0 spiro atoms. The van der Waals surface area contributed by atoms with Crippen molar-refractivity contribution in [1.29, 1.82) is 0 Å². The second-order valence-corrected chi connectivity index (χ2v) is 5.20. The molecule has 110 valence electrons. The second kappa shape index (κ2) is 6.45. The predicted molar refractivity (Wildman–Crippen MR) is 83.7 cm³/mol. The van der Waals surface area contributed by atoms with Crippen molar-refractivity contribution >= 4 is 39.1 Å². The van der Waals surface area contributed by atoms with Crippen LogP contribution in [0.15, 0.2) is 34.9 Å². The molecule has 1 aromatic heterocycles. The van der Waals surface area contributed by atoms with Crippen LogP contribution >= 0.6 is 15.9 Å². The van der Waals surface area contributed by atoms with Gasteiger partial charge in [0.2, 0.25) is 5.91 Å². The Balaban J connectivity index is 2.17. The van der Waals surface area contributed by atoms with E-state index in [1.165, 1.54) is 14.0 Å². The molecular formula is C14H14BrN3O3. The Bertz CT molecular complexity index is 682. The largest absolute Gasteiger partial charge is 0.494 e. The highest BCUT2D eigenvalue weighted by Crippen LogP contribution is 2.28. The summed E-state index contributed by atoms with van der Waals surface area (Å²) in [7, 11) is 1.49. The van der Waals surface area contributed by atoms with E-state index in [1.54, 1.807) is 30.5 Å². The van der Waals surface area contributed by atoms with Crippen LogP contribution in [-0.4, -0.2) is 23.9 Å². The zero-order valence-corrected chi connectivity index (χ0v) is 13.1. The van der Waals surface area contributed by atoms with E-state index in [0.717, 1.165) is 4.47 Å². The van der Waals surface area contributed by atoms with E-state index in [-0.39, 0.29) is 11.8 Å². The number of aromatic nitrogens is 1. The Morgan fingerprint density at radius 3 is 2.57 bits per heavy atom. The van der Waals surface area contributed by atoms with Crippen molar-refractivity contribution in [3.63, 3.8) is 0 Å². The number of hydrogen-bond donors (Lipinski definition) is 3. The summed E-state index contributed by atoms with van der Waals surface area (Å²) in [5.74, 6) is 0.00650. The quantitative estimate of drug-likeness (QED) is 0.791. The molecule has 0 atom stereocenters. The molecule has 2 aromatic rings. The Labute approximate surface area is 130 Å². The molecule has 0 aliphatic heterocycles. The van der Waals surface area contributed by atoms with Gasteiger partial charge in [-0.05, 0) is 34.1 Å². The first-order valence-electron chi connectivity index (χ1n) is 6.10. The molecule has 21 heavy (non-hydrogen) atoms. The number of aromatic amines is 1. The number of nitrogens with one attached hydrogen (secondary N) is 3. The Kier molecular flexibility index (Phi) is 4.64. The number of ether oxygens (including phenoxy) is 1. The lowest BCUT2D eigenvalue weighted by atomic mass is 10.2. The van der Waals surface area contributed by atoms with Crippen molar-refractivity contribution in [3.8, 4) is 5.75 Å². The monoisotopic (exact) mass is 351 g/mol. The first-order valence-corrected chi connectivity index (χ1v) is 6.90. The van der Waals surface area contributed by atoms with Crippen LogP contribution in [0.25, 0.3) is 0 Å². The van der Waals surface area contributed by atoms with Gasteiger partial charge in [0.05, 0.1) is 12.8 Å². The van der Waals surface area contributed by atoms with Crippen molar-refractivity contribution in [2.75, 3.05) is 17.7 Å². The first-order chi connectivity index (χ1) is 9.99. The number of halogens is 1. The second-order valence-electron chi connectivity index (χ2n) is 4.28. The summed E-state index contributed by atoms with van der Waals surface area (Å²) in [5.41, 5.74) is 1.55. The zero-order chi connectivity index (χ0) is 15.4. The third-order valence-electron chi connectivity index (χ3n) is 2.66. The number of rotatable bonds is 4. The number of anilines is 2. The van der Waals surface area contributed by atoms with Crippen molar-refractivity contribution in [1.82, 2.24) is 4.98 Å². The molecule has 0 aliphatic rings. The van der Waals surface area contributed by atoms with Gasteiger partial charge in [0.25, 0.3) is 5.91 Å². The standard InChI is InChI=1S/C14H14BrN3O3/c1-8(19)17-11-4-3-10(6-13(11)21-2)18-14(20)12-5-9(15)7-16-12/h3-7,16H,1-2H3,(H,17,19)(H,18,20). The van der Waals surface area contributed by atoms with Gasteiger partial charge < -0.3 is 20.4 Å². The molecule has 2 amide bonds. The fraction of sp³-hybridized carbons (Fsp3) is 0.143. The van der Waals surface area contributed by atoms with Gasteiger partial charge in [-0.3, -0.25) is 9.59 Å². The average molecular weight is 352 g/mol. The van der Waals surface area contributed by atoms with Crippen LogP contribution in [-0.2, 0) is 4.79 Å². The highest BCUT2D eigenvalue weighted by molar-refractivity contribution is 9.10. The summed E-state index contributed by atoms with van der Waals surface area (Å²) in [6.45, 7) is 1.41. The van der Waals surface area contributed by atoms with Gasteiger partial charge in [0.1, 0.15) is 11.4 Å². The minimum Gasteiger partial charge on any atom is -0.494 e. The van der Waals surface area contributed by atoms with Gasteiger partial charge in [0, 0.05) is 29.3 Å². The molecule has 0 saturated carbocycles. The van der Waals surface area contributed by atoms with Crippen molar-refractivity contribution in [2.24, 2.45) is 0 Å². The normalized spacial score (nSPS) is 10.0. The van der Waals surface area contributed by atoms with E-state index >= 15 is 0 Å². The lowest BCUT2D eigenvalue weighted by Crippen LogP contribution is -2.13. The minimum absolute atomic E-state index is 0.193. The highest BCUT2D eigenvalue weighted by atomic mass is 79.9. The number of benzene rings is 1. The molecule has 0 aliphatic carbocycles. The SMILES string of the molecule is COc1cc(NC(=O)c2cc(Br)c[nH]2)ccc1NC(C)=O. The van der Waals surface area contributed by atoms with Crippen molar-refractivity contribution in [2.45, 2.75) is 6.92 Å². The van der Waals surface area contributed by atoms with Crippen LogP contribution in [0.4, 0.5) is 11.4 Å². The number of carbonyl (C=O) groups excluding carboxylic acids is 2. The van der Waals surface area contributed by atoms with E-state index < -0.39 is 0 Å². The van der Waals surface area contributed by atoms with Crippen LogP contribution in [0.3, 0.4) is 0 Å². The molecule has 0 unspecified atom stereocenters.